The summed E-state index contributed by atoms with van der Waals surface area (Å²) in [5, 5.41) is 9.52. The number of ether oxygens (including phenoxy) is 1. The van der Waals surface area contributed by atoms with Crippen LogP contribution in [0.5, 0.6) is 0 Å². The standard InChI is InChI=1S/C7H6Br2O2/c8-5-3-1-2-4(11-3)7(10)6(5)9/h1-4,7,10H/t3-,4+,7?/m1/s1. The summed E-state index contributed by atoms with van der Waals surface area (Å²) in [6.07, 6.45) is 3.09. The van der Waals surface area contributed by atoms with E-state index in [1.165, 1.54) is 0 Å². The average Bonchev–Trinajstić information content (AvgIpc) is 2.44. The molecule has 0 aromatic heterocycles. The zero-order chi connectivity index (χ0) is 8.01. The van der Waals surface area contributed by atoms with E-state index in [0.717, 1.165) is 8.96 Å². The third kappa shape index (κ3) is 1.13. The van der Waals surface area contributed by atoms with Crippen molar-refractivity contribution in [3.63, 3.8) is 0 Å². The fourth-order valence-corrected chi connectivity index (χ4v) is 2.20. The lowest BCUT2D eigenvalue weighted by molar-refractivity contribution is -0.000837. The van der Waals surface area contributed by atoms with Crippen LogP contribution in [0.15, 0.2) is 21.1 Å². The fourth-order valence-electron chi connectivity index (χ4n) is 1.22. The van der Waals surface area contributed by atoms with Crippen LogP contribution in [0, 0.1) is 0 Å². The van der Waals surface area contributed by atoms with E-state index in [-0.39, 0.29) is 12.2 Å². The smallest absolute Gasteiger partial charge is 0.116 e. The molecule has 11 heavy (non-hydrogen) atoms. The number of aliphatic hydroxyl groups excluding tert-OH is 1. The fraction of sp³-hybridized carbons (Fsp3) is 0.429. The van der Waals surface area contributed by atoms with Crippen molar-refractivity contribution in [1.82, 2.24) is 0 Å². The van der Waals surface area contributed by atoms with Crippen molar-refractivity contribution < 1.29 is 9.84 Å². The van der Waals surface area contributed by atoms with Crippen LogP contribution in [0.1, 0.15) is 0 Å². The maximum atomic E-state index is 9.52. The summed E-state index contributed by atoms with van der Waals surface area (Å²) in [6, 6.07) is 0. The van der Waals surface area contributed by atoms with E-state index >= 15 is 0 Å². The zero-order valence-corrected chi connectivity index (χ0v) is 8.67. The van der Waals surface area contributed by atoms with Gasteiger partial charge in [-0.1, -0.05) is 44.0 Å². The molecular weight excluding hydrogens is 276 g/mol. The highest BCUT2D eigenvalue weighted by atomic mass is 79.9. The van der Waals surface area contributed by atoms with Gasteiger partial charge in [0.1, 0.15) is 18.3 Å². The molecule has 2 nitrogen and oxygen atoms in total. The molecule has 2 aliphatic rings. The Labute approximate surface area is 81.2 Å². The van der Waals surface area contributed by atoms with Crippen molar-refractivity contribution in [2.45, 2.75) is 18.3 Å². The Morgan fingerprint density at radius 3 is 2.73 bits per heavy atom. The average molecular weight is 282 g/mol. The minimum absolute atomic E-state index is 0.00206. The molecule has 4 heteroatoms. The maximum absolute atomic E-state index is 9.52. The van der Waals surface area contributed by atoms with Gasteiger partial charge in [0.15, 0.2) is 0 Å². The number of hydrogen-bond donors (Lipinski definition) is 1. The Kier molecular flexibility index (Phi) is 1.95. The monoisotopic (exact) mass is 280 g/mol. The molecule has 0 saturated heterocycles. The highest BCUT2D eigenvalue weighted by Gasteiger charge is 2.36. The number of rotatable bonds is 0. The molecule has 1 unspecified atom stereocenters. The van der Waals surface area contributed by atoms with Crippen LogP contribution in [0.4, 0.5) is 0 Å². The molecule has 0 saturated carbocycles. The lowest BCUT2D eigenvalue weighted by atomic mass is 10.2. The summed E-state index contributed by atoms with van der Waals surface area (Å²) in [5.41, 5.74) is 0. The molecule has 0 aromatic rings. The van der Waals surface area contributed by atoms with Crippen LogP contribution in [0.2, 0.25) is 0 Å². The number of aliphatic hydroxyl groups is 1. The molecule has 2 rings (SSSR count). The Morgan fingerprint density at radius 2 is 2.00 bits per heavy atom. The summed E-state index contributed by atoms with van der Waals surface area (Å²) in [5.74, 6) is 0. The van der Waals surface area contributed by atoms with Crippen LogP contribution in [-0.4, -0.2) is 23.4 Å². The third-order valence-electron chi connectivity index (χ3n) is 1.83. The van der Waals surface area contributed by atoms with Gasteiger partial charge in [0, 0.05) is 8.96 Å². The van der Waals surface area contributed by atoms with E-state index in [9.17, 15) is 5.11 Å². The molecule has 0 radical (unpaired) electrons. The van der Waals surface area contributed by atoms with Crippen LogP contribution in [0.3, 0.4) is 0 Å². The summed E-state index contributed by atoms with van der Waals surface area (Å²) >= 11 is 6.65. The first-order valence-electron chi connectivity index (χ1n) is 3.27. The van der Waals surface area contributed by atoms with E-state index in [0.29, 0.717) is 0 Å². The topological polar surface area (TPSA) is 29.5 Å². The summed E-state index contributed by atoms with van der Waals surface area (Å²) in [4.78, 5) is 0. The SMILES string of the molecule is OC1C(Br)=C(Br)[C@H]2C=C[C@@H]1O2. The van der Waals surface area contributed by atoms with Gasteiger partial charge < -0.3 is 9.84 Å². The van der Waals surface area contributed by atoms with Gasteiger partial charge in [0.05, 0.1) is 0 Å². The molecule has 0 aliphatic carbocycles. The van der Waals surface area contributed by atoms with Crippen molar-refractivity contribution in [3.8, 4) is 0 Å². The molecule has 0 spiro atoms. The van der Waals surface area contributed by atoms with Gasteiger partial charge >= 0.3 is 0 Å². The number of halogens is 2. The van der Waals surface area contributed by atoms with Crippen molar-refractivity contribution in [2.24, 2.45) is 0 Å². The van der Waals surface area contributed by atoms with Gasteiger partial charge in [0.2, 0.25) is 0 Å². The second-order valence-corrected chi connectivity index (χ2v) is 4.26. The Morgan fingerprint density at radius 1 is 1.27 bits per heavy atom. The number of fused-ring (bicyclic) bond motifs is 2. The van der Waals surface area contributed by atoms with E-state index in [1.807, 2.05) is 12.2 Å². The lowest BCUT2D eigenvalue weighted by Crippen LogP contribution is -2.32. The molecule has 2 heterocycles. The van der Waals surface area contributed by atoms with E-state index in [4.69, 9.17) is 4.74 Å². The summed E-state index contributed by atoms with van der Waals surface area (Å²) in [6.45, 7) is 0. The highest BCUT2D eigenvalue weighted by Crippen LogP contribution is 2.37. The minimum Gasteiger partial charge on any atom is -0.385 e. The Balaban J connectivity index is 2.41. The Bertz CT molecular complexity index is 247. The molecule has 0 amide bonds. The second kappa shape index (κ2) is 2.69. The Hall–Kier alpha value is 0.360. The highest BCUT2D eigenvalue weighted by molar-refractivity contribution is 9.14. The maximum Gasteiger partial charge on any atom is 0.116 e. The van der Waals surface area contributed by atoms with E-state index < -0.39 is 6.10 Å². The van der Waals surface area contributed by atoms with Crippen LogP contribution in [0.25, 0.3) is 0 Å². The first kappa shape index (κ1) is 7.98. The first-order valence-corrected chi connectivity index (χ1v) is 4.85. The molecule has 0 fully saturated rings. The van der Waals surface area contributed by atoms with Gasteiger partial charge in [-0.3, -0.25) is 0 Å². The molecule has 2 aliphatic heterocycles. The van der Waals surface area contributed by atoms with E-state index in [2.05, 4.69) is 31.9 Å². The van der Waals surface area contributed by atoms with Gasteiger partial charge in [-0.2, -0.15) is 0 Å². The second-order valence-electron chi connectivity index (χ2n) is 2.55. The molecule has 1 N–H and O–H groups in total. The molecule has 60 valence electrons. The normalized spacial score (nSPS) is 41.9. The summed E-state index contributed by atoms with van der Waals surface area (Å²) < 4.78 is 7.08. The minimum atomic E-state index is -0.556. The predicted molar refractivity (Wildman–Crippen MR) is 48.7 cm³/mol. The van der Waals surface area contributed by atoms with Crippen LogP contribution < -0.4 is 0 Å². The van der Waals surface area contributed by atoms with Gasteiger partial charge in [0.25, 0.3) is 0 Å². The van der Waals surface area contributed by atoms with Crippen molar-refractivity contribution in [1.29, 1.82) is 0 Å². The lowest BCUT2D eigenvalue weighted by Gasteiger charge is -2.25. The third-order valence-corrected chi connectivity index (χ3v) is 4.13. The molecular formula is C7H6Br2O2. The molecule has 2 bridgehead atoms. The quantitative estimate of drug-likeness (QED) is 0.685. The van der Waals surface area contributed by atoms with Crippen molar-refractivity contribution in [2.75, 3.05) is 0 Å². The van der Waals surface area contributed by atoms with Crippen LogP contribution >= 0.6 is 31.9 Å². The first-order chi connectivity index (χ1) is 5.20. The summed E-state index contributed by atoms with van der Waals surface area (Å²) in [7, 11) is 0. The van der Waals surface area contributed by atoms with E-state index in [1.54, 1.807) is 0 Å². The van der Waals surface area contributed by atoms with Crippen LogP contribution in [-0.2, 0) is 4.74 Å². The van der Waals surface area contributed by atoms with Gasteiger partial charge in [-0.05, 0) is 0 Å². The number of hydrogen-bond acceptors (Lipinski definition) is 2. The predicted octanol–water partition coefficient (Wildman–Crippen LogP) is 1.69. The molecule has 0 aromatic carbocycles. The van der Waals surface area contributed by atoms with Gasteiger partial charge in [-0.15, -0.1) is 0 Å². The van der Waals surface area contributed by atoms with Gasteiger partial charge in [-0.25, -0.2) is 0 Å². The largest absolute Gasteiger partial charge is 0.385 e. The zero-order valence-electron chi connectivity index (χ0n) is 5.50. The van der Waals surface area contributed by atoms with Crippen molar-refractivity contribution >= 4 is 31.9 Å². The molecule has 3 atom stereocenters. The van der Waals surface area contributed by atoms with Crippen molar-refractivity contribution in [3.05, 3.63) is 21.1 Å².